The topological polar surface area (TPSA) is 34.1 Å². The van der Waals surface area contributed by atoms with E-state index in [9.17, 15) is 0 Å². The normalized spacial score (nSPS) is 10.6. The van der Waals surface area contributed by atoms with Crippen LogP contribution >= 0.6 is 0 Å². The number of nitrogens with one attached hydrogen (secondary N) is 1. The van der Waals surface area contributed by atoms with Gasteiger partial charge in [-0.2, -0.15) is 5.48 Å². The summed E-state index contributed by atoms with van der Waals surface area (Å²) in [6.45, 7) is 0.694. The quantitative estimate of drug-likeness (QED) is 0.747. The van der Waals surface area contributed by atoms with Crippen LogP contribution in [0.2, 0.25) is 0 Å². The summed E-state index contributed by atoms with van der Waals surface area (Å²) in [5.41, 5.74) is 5.04. The molecule has 0 fully saturated rings. The van der Waals surface area contributed by atoms with Crippen LogP contribution < -0.4 is 5.48 Å². The second-order valence-corrected chi connectivity index (χ2v) is 3.01. The van der Waals surface area contributed by atoms with E-state index < -0.39 is 0 Å². The highest BCUT2D eigenvalue weighted by atomic mass is 16.6. The fourth-order valence-corrected chi connectivity index (χ4v) is 1.46. The Morgan fingerprint density at radius 1 is 1.29 bits per heavy atom. The zero-order valence-electron chi connectivity index (χ0n) is 8.03. The number of nitrogens with zero attached hydrogens (tertiary/aromatic N) is 1. The lowest BCUT2D eigenvalue weighted by Gasteiger charge is -2.05. The number of hydrogen-bond donors (Lipinski definition) is 1. The second-order valence-electron chi connectivity index (χ2n) is 3.01. The van der Waals surface area contributed by atoms with E-state index in [4.69, 9.17) is 4.84 Å². The number of para-hydroxylation sites is 1. The molecule has 0 spiro atoms. The average molecular weight is 188 g/mol. The first-order chi connectivity index (χ1) is 6.92. The molecule has 3 heteroatoms. The van der Waals surface area contributed by atoms with E-state index in [1.807, 2.05) is 30.5 Å². The van der Waals surface area contributed by atoms with Crippen molar-refractivity contribution in [2.45, 2.75) is 6.54 Å². The van der Waals surface area contributed by atoms with Gasteiger partial charge in [0.15, 0.2) is 0 Å². The Hall–Kier alpha value is -1.45. The number of benzene rings is 1. The Bertz CT molecular complexity index is 423. The predicted molar refractivity (Wildman–Crippen MR) is 55.6 cm³/mol. The lowest BCUT2D eigenvalue weighted by atomic mass is 10.1. The minimum atomic E-state index is 0.694. The number of hydrogen-bond acceptors (Lipinski definition) is 3. The maximum absolute atomic E-state index is 4.82. The van der Waals surface area contributed by atoms with Crippen molar-refractivity contribution >= 4 is 10.9 Å². The molecule has 72 valence electrons. The highest BCUT2D eigenvalue weighted by molar-refractivity contribution is 5.81. The first-order valence-corrected chi connectivity index (χ1v) is 4.50. The molecule has 0 aliphatic rings. The van der Waals surface area contributed by atoms with Gasteiger partial charge in [-0.15, -0.1) is 0 Å². The Balaban J connectivity index is 2.43. The summed E-state index contributed by atoms with van der Waals surface area (Å²) in [4.78, 5) is 9.11. The molecular formula is C11H12N2O. The lowest BCUT2D eigenvalue weighted by molar-refractivity contribution is 0.0870. The summed E-state index contributed by atoms with van der Waals surface area (Å²) in [5.74, 6) is 0. The van der Waals surface area contributed by atoms with Crippen molar-refractivity contribution in [3.05, 3.63) is 42.1 Å². The van der Waals surface area contributed by atoms with Gasteiger partial charge in [0, 0.05) is 18.1 Å². The molecule has 1 aromatic carbocycles. The first kappa shape index (κ1) is 9.12. The smallest absolute Gasteiger partial charge is 0.0705 e. The van der Waals surface area contributed by atoms with Crippen molar-refractivity contribution in [1.29, 1.82) is 0 Å². The van der Waals surface area contributed by atoms with E-state index in [2.05, 4.69) is 16.5 Å². The molecule has 14 heavy (non-hydrogen) atoms. The van der Waals surface area contributed by atoms with Crippen LogP contribution in [0.15, 0.2) is 36.5 Å². The van der Waals surface area contributed by atoms with Gasteiger partial charge in [0.2, 0.25) is 0 Å². The van der Waals surface area contributed by atoms with Gasteiger partial charge < -0.3 is 4.84 Å². The SMILES string of the molecule is CONCc1ccnc2ccccc12. The summed E-state index contributed by atoms with van der Waals surface area (Å²) in [5, 5.41) is 1.17. The molecule has 1 heterocycles. The summed E-state index contributed by atoms with van der Waals surface area (Å²) >= 11 is 0. The Morgan fingerprint density at radius 2 is 2.14 bits per heavy atom. The molecular weight excluding hydrogens is 176 g/mol. The van der Waals surface area contributed by atoms with Crippen LogP contribution in [-0.2, 0) is 11.4 Å². The van der Waals surface area contributed by atoms with Crippen LogP contribution in [0, 0.1) is 0 Å². The molecule has 0 saturated carbocycles. The number of hydroxylamine groups is 1. The Kier molecular flexibility index (Phi) is 2.72. The van der Waals surface area contributed by atoms with Crippen molar-refractivity contribution < 1.29 is 4.84 Å². The van der Waals surface area contributed by atoms with Gasteiger partial charge in [0.05, 0.1) is 12.6 Å². The number of fused-ring (bicyclic) bond motifs is 1. The van der Waals surface area contributed by atoms with Gasteiger partial charge in [0.1, 0.15) is 0 Å². The Morgan fingerprint density at radius 3 is 3.00 bits per heavy atom. The summed E-state index contributed by atoms with van der Waals surface area (Å²) < 4.78 is 0. The third kappa shape index (κ3) is 1.73. The molecule has 0 saturated heterocycles. The van der Waals surface area contributed by atoms with Gasteiger partial charge in [-0.05, 0) is 17.7 Å². The zero-order chi connectivity index (χ0) is 9.80. The first-order valence-electron chi connectivity index (χ1n) is 4.50. The van der Waals surface area contributed by atoms with Crippen LogP contribution in [0.4, 0.5) is 0 Å². The Labute approximate surface area is 82.7 Å². The molecule has 3 nitrogen and oxygen atoms in total. The molecule has 0 aliphatic heterocycles. The highest BCUT2D eigenvalue weighted by Gasteiger charge is 1.99. The molecule has 0 atom stereocenters. The highest BCUT2D eigenvalue weighted by Crippen LogP contribution is 2.15. The van der Waals surface area contributed by atoms with Crippen LogP contribution in [-0.4, -0.2) is 12.1 Å². The average Bonchev–Trinajstić information content (AvgIpc) is 2.26. The molecule has 1 aromatic heterocycles. The van der Waals surface area contributed by atoms with Gasteiger partial charge in [0.25, 0.3) is 0 Å². The summed E-state index contributed by atoms with van der Waals surface area (Å²) in [6, 6.07) is 10.1. The van der Waals surface area contributed by atoms with E-state index >= 15 is 0 Å². The van der Waals surface area contributed by atoms with Crippen molar-refractivity contribution in [2.24, 2.45) is 0 Å². The fraction of sp³-hybridized carbons (Fsp3) is 0.182. The van der Waals surface area contributed by atoms with Crippen LogP contribution in [0.25, 0.3) is 10.9 Å². The van der Waals surface area contributed by atoms with Gasteiger partial charge >= 0.3 is 0 Å². The number of rotatable bonds is 3. The van der Waals surface area contributed by atoms with Crippen molar-refractivity contribution in [1.82, 2.24) is 10.5 Å². The fourth-order valence-electron chi connectivity index (χ4n) is 1.46. The van der Waals surface area contributed by atoms with E-state index in [0.29, 0.717) is 6.54 Å². The monoisotopic (exact) mass is 188 g/mol. The predicted octanol–water partition coefficient (Wildman–Crippen LogP) is 1.89. The van der Waals surface area contributed by atoms with E-state index in [1.165, 1.54) is 10.9 Å². The van der Waals surface area contributed by atoms with Crippen molar-refractivity contribution in [2.75, 3.05) is 7.11 Å². The lowest BCUT2D eigenvalue weighted by Crippen LogP contribution is -2.11. The molecule has 2 rings (SSSR count). The minimum absolute atomic E-state index is 0.694. The molecule has 0 bridgehead atoms. The van der Waals surface area contributed by atoms with Crippen LogP contribution in [0.1, 0.15) is 5.56 Å². The maximum Gasteiger partial charge on any atom is 0.0705 e. The molecule has 2 aromatic rings. The van der Waals surface area contributed by atoms with Crippen LogP contribution in [0.3, 0.4) is 0 Å². The zero-order valence-corrected chi connectivity index (χ0v) is 8.03. The van der Waals surface area contributed by atoms with E-state index in [0.717, 1.165) is 5.52 Å². The largest absolute Gasteiger partial charge is 0.305 e. The second kappa shape index (κ2) is 4.17. The van der Waals surface area contributed by atoms with E-state index in [-0.39, 0.29) is 0 Å². The number of aromatic nitrogens is 1. The molecule has 0 radical (unpaired) electrons. The van der Waals surface area contributed by atoms with Gasteiger partial charge in [-0.1, -0.05) is 18.2 Å². The molecule has 0 aliphatic carbocycles. The molecule has 0 unspecified atom stereocenters. The van der Waals surface area contributed by atoms with Gasteiger partial charge in [-0.25, -0.2) is 0 Å². The third-order valence-electron chi connectivity index (χ3n) is 2.15. The van der Waals surface area contributed by atoms with Crippen LogP contribution in [0.5, 0.6) is 0 Å². The maximum atomic E-state index is 4.82. The van der Waals surface area contributed by atoms with Crippen molar-refractivity contribution in [3.8, 4) is 0 Å². The van der Waals surface area contributed by atoms with Crippen molar-refractivity contribution in [3.63, 3.8) is 0 Å². The minimum Gasteiger partial charge on any atom is -0.305 e. The van der Waals surface area contributed by atoms with E-state index in [1.54, 1.807) is 7.11 Å². The van der Waals surface area contributed by atoms with Gasteiger partial charge in [-0.3, -0.25) is 4.98 Å². The third-order valence-corrected chi connectivity index (χ3v) is 2.15. The standard InChI is InChI=1S/C11H12N2O/c1-14-13-8-9-6-7-12-11-5-3-2-4-10(9)11/h2-7,13H,8H2,1H3. The number of pyridine rings is 1. The molecule has 1 N–H and O–H groups in total. The summed E-state index contributed by atoms with van der Waals surface area (Å²) in [7, 11) is 1.61. The molecule has 0 amide bonds. The summed E-state index contributed by atoms with van der Waals surface area (Å²) in [6.07, 6.45) is 1.81.